The van der Waals surface area contributed by atoms with Crippen LogP contribution in [0.2, 0.25) is 0 Å². The molecule has 3 rings (SSSR count). The third kappa shape index (κ3) is 3.62. The van der Waals surface area contributed by atoms with Crippen molar-refractivity contribution in [2.24, 2.45) is 0 Å². The van der Waals surface area contributed by atoms with Gasteiger partial charge in [-0.2, -0.15) is 0 Å². The predicted molar refractivity (Wildman–Crippen MR) is 91.7 cm³/mol. The molecule has 1 spiro atoms. The smallest absolute Gasteiger partial charge is 0.254 e. The van der Waals surface area contributed by atoms with Gasteiger partial charge >= 0.3 is 0 Å². The molecule has 2 atom stereocenters. The van der Waals surface area contributed by atoms with Gasteiger partial charge in [0.25, 0.3) is 5.91 Å². The SMILES string of the molecule is Cc1ccc(C(=O)N2CC[C@@]3(CCC[C@@H](CN(C)C)O3)C2)cc1F. The van der Waals surface area contributed by atoms with Gasteiger partial charge in [0.2, 0.25) is 0 Å². The van der Waals surface area contributed by atoms with Crippen molar-refractivity contribution in [1.82, 2.24) is 9.80 Å². The molecule has 5 heteroatoms. The van der Waals surface area contributed by atoms with Gasteiger partial charge < -0.3 is 14.5 Å². The lowest BCUT2D eigenvalue weighted by atomic mass is 9.90. The zero-order valence-electron chi connectivity index (χ0n) is 14.8. The van der Waals surface area contributed by atoms with Crippen LogP contribution in [0, 0.1) is 12.7 Å². The van der Waals surface area contributed by atoms with Gasteiger partial charge in [0.15, 0.2) is 0 Å². The van der Waals surface area contributed by atoms with Crippen molar-refractivity contribution in [2.45, 2.75) is 44.3 Å². The van der Waals surface area contributed by atoms with Gasteiger partial charge in [-0.1, -0.05) is 6.07 Å². The van der Waals surface area contributed by atoms with Gasteiger partial charge in [-0.3, -0.25) is 4.79 Å². The van der Waals surface area contributed by atoms with Crippen molar-refractivity contribution in [1.29, 1.82) is 0 Å². The molecule has 2 aliphatic rings. The third-order valence-corrected chi connectivity index (χ3v) is 5.17. The van der Waals surface area contributed by atoms with E-state index in [0.717, 1.165) is 32.2 Å². The summed E-state index contributed by atoms with van der Waals surface area (Å²) in [5, 5.41) is 0. The summed E-state index contributed by atoms with van der Waals surface area (Å²) in [5.74, 6) is -0.418. The van der Waals surface area contributed by atoms with Crippen molar-refractivity contribution in [3.63, 3.8) is 0 Å². The average Bonchev–Trinajstić information content (AvgIpc) is 2.92. The molecule has 2 saturated heterocycles. The molecule has 2 heterocycles. The molecule has 2 aliphatic heterocycles. The molecule has 4 nitrogen and oxygen atoms in total. The molecule has 24 heavy (non-hydrogen) atoms. The van der Waals surface area contributed by atoms with Crippen LogP contribution >= 0.6 is 0 Å². The van der Waals surface area contributed by atoms with Gasteiger partial charge in [-0.15, -0.1) is 0 Å². The number of nitrogens with zero attached hydrogens (tertiary/aromatic N) is 2. The predicted octanol–water partition coefficient (Wildman–Crippen LogP) is 2.85. The molecule has 0 saturated carbocycles. The van der Waals surface area contributed by atoms with Crippen molar-refractivity contribution in [2.75, 3.05) is 33.7 Å². The zero-order valence-corrected chi connectivity index (χ0v) is 14.8. The first-order valence-corrected chi connectivity index (χ1v) is 8.76. The Morgan fingerprint density at radius 1 is 1.42 bits per heavy atom. The van der Waals surface area contributed by atoms with E-state index in [9.17, 15) is 9.18 Å². The molecule has 0 aromatic heterocycles. The summed E-state index contributed by atoms with van der Waals surface area (Å²) in [6.07, 6.45) is 4.33. The minimum Gasteiger partial charge on any atom is -0.369 e. The number of likely N-dealkylation sites (tertiary alicyclic amines) is 1. The monoisotopic (exact) mass is 334 g/mol. The summed E-state index contributed by atoms with van der Waals surface area (Å²) >= 11 is 0. The summed E-state index contributed by atoms with van der Waals surface area (Å²) in [4.78, 5) is 16.7. The highest BCUT2D eigenvalue weighted by Gasteiger charge is 2.44. The fourth-order valence-electron chi connectivity index (χ4n) is 3.89. The van der Waals surface area contributed by atoms with Crippen LogP contribution in [0.4, 0.5) is 4.39 Å². The van der Waals surface area contributed by atoms with E-state index in [1.165, 1.54) is 6.07 Å². The number of ether oxygens (including phenoxy) is 1. The number of benzene rings is 1. The summed E-state index contributed by atoms with van der Waals surface area (Å²) in [7, 11) is 4.11. The second-order valence-electron chi connectivity index (χ2n) is 7.52. The molecular formula is C19H27FN2O2. The second-order valence-corrected chi connectivity index (χ2v) is 7.52. The highest BCUT2D eigenvalue weighted by molar-refractivity contribution is 5.94. The summed E-state index contributed by atoms with van der Waals surface area (Å²) in [5.41, 5.74) is 0.778. The summed E-state index contributed by atoms with van der Waals surface area (Å²) in [6.45, 7) is 3.92. The van der Waals surface area contributed by atoms with E-state index in [1.54, 1.807) is 19.1 Å². The van der Waals surface area contributed by atoms with E-state index in [2.05, 4.69) is 19.0 Å². The van der Waals surface area contributed by atoms with Crippen molar-refractivity contribution >= 4 is 5.91 Å². The zero-order chi connectivity index (χ0) is 17.3. The highest BCUT2D eigenvalue weighted by Crippen LogP contribution is 2.37. The second kappa shape index (κ2) is 6.81. The first kappa shape index (κ1) is 17.4. The lowest BCUT2D eigenvalue weighted by Gasteiger charge is -2.39. The number of hydrogen-bond donors (Lipinski definition) is 0. The Labute approximate surface area is 143 Å². The van der Waals surface area contributed by atoms with E-state index in [-0.39, 0.29) is 23.4 Å². The molecule has 0 N–H and O–H groups in total. The average molecular weight is 334 g/mol. The number of aryl methyl sites for hydroxylation is 1. The minimum atomic E-state index is -0.324. The molecule has 2 fully saturated rings. The lowest BCUT2D eigenvalue weighted by molar-refractivity contribution is -0.124. The first-order valence-electron chi connectivity index (χ1n) is 8.76. The van der Waals surface area contributed by atoms with Crippen molar-refractivity contribution in [3.05, 3.63) is 35.1 Å². The van der Waals surface area contributed by atoms with Gasteiger partial charge in [-0.25, -0.2) is 4.39 Å². The van der Waals surface area contributed by atoms with Crippen LogP contribution in [0.3, 0.4) is 0 Å². The standard InChI is InChI=1S/C19H27FN2O2/c1-14-6-7-15(11-17(14)20)18(23)22-10-9-19(13-22)8-4-5-16(24-19)12-21(2)3/h6-7,11,16H,4-5,8-10,12-13H2,1-3H3/t16-,19-/m0/s1. The largest absolute Gasteiger partial charge is 0.369 e. The molecule has 1 amide bonds. The maximum atomic E-state index is 13.7. The first-order chi connectivity index (χ1) is 11.4. The maximum absolute atomic E-state index is 13.7. The fourth-order valence-corrected chi connectivity index (χ4v) is 3.89. The van der Waals surface area contributed by atoms with Crippen LogP contribution in [0.1, 0.15) is 41.6 Å². The normalized spacial score (nSPS) is 27.2. The van der Waals surface area contributed by atoms with Crippen LogP contribution in [0.25, 0.3) is 0 Å². The number of hydrogen-bond acceptors (Lipinski definition) is 3. The summed E-state index contributed by atoms with van der Waals surface area (Å²) < 4.78 is 20.1. The van der Waals surface area contributed by atoms with Crippen LogP contribution in [0.5, 0.6) is 0 Å². The van der Waals surface area contributed by atoms with Gasteiger partial charge in [0.05, 0.1) is 18.2 Å². The van der Waals surface area contributed by atoms with Crippen molar-refractivity contribution < 1.29 is 13.9 Å². The molecule has 0 unspecified atom stereocenters. The fraction of sp³-hybridized carbons (Fsp3) is 0.632. The van der Waals surface area contributed by atoms with Crippen LogP contribution in [0.15, 0.2) is 18.2 Å². The number of rotatable bonds is 3. The number of carbonyl (C=O) groups excluding carboxylic acids is 1. The number of amides is 1. The molecular weight excluding hydrogens is 307 g/mol. The Hall–Kier alpha value is -1.46. The van der Waals surface area contributed by atoms with Crippen LogP contribution in [-0.4, -0.2) is 61.1 Å². The Morgan fingerprint density at radius 2 is 2.21 bits per heavy atom. The van der Waals surface area contributed by atoms with Gasteiger partial charge in [-0.05, 0) is 64.4 Å². The number of likely N-dealkylation sites (N-methyl/N-ethyl adjacent to an activating group) is 1. The maximum Gasteiger partial charge on any atom is 0.254 e. The lowest BCUT2D eigenvalue weighted by Crippen LogP contribution is -2.46. The van der Waals surface area contributed by atoms with Crippen molar-refractivity contribution in [3.8, 4) is 0 Å². The molecule has 0 radical (unpaired) electrons. The van der Waals surface area contributed by atoms with Gasteiger partial charge in [0, 0.05) is 18.7 Å². The highest BCUT2D eigenvalue weighted by atomic mass is 19.1. The molecule has 1 aromatic rings. The Kier molecular flexibility index (Phi) is 4.92. The summed E-state index contributed by atoms with van der Waals surface area (Å²) in [6, 6.07) is 4.72. The van der Waals surface area contributed by atoms with Gasteiger partial charge in [0.1, 0.15) is 5.82 Å². The molecule has 132 valence electrons. The molecule has 0 aliphatic carbocycles. The van der Waals surface area contributed by atoms with E-state index >= 15 is 0 Å². The van der Waals surface area contributed by atoms with E-state index in [0.29, 0.717) is 24.2 Å². The Bertz CT molecular complexity index is 619. The number of halogens is 1. The Balaban J connectivity index is 1.67. The Morgan fingerprint density at radius 3 is 2.92 bits per heavy atom. The molecule has 0 bridgehead atoms. The number of carbonyl (C=O) groups is 1. The minimum absolute atomic E-state index is 0.0934. The quantitative estimate of drug-likeness (QED) is 0.852. The molecule has 1 aromatic carbocycles. The topological polar surface area (TPSA) is 32.8 Å². The third-order valence-electron chi connectivity index (χ3n) is 5.17. The van der Waals surface area contributed by atoms with E-state index in [1.807, 2.05) is 4.90 Å². The van der Waals surface area contributed by atoms with Crippen LogP contribution < -0.4 is 0 Å². The van der Waals surface area contributed by atoms with E-state index < -0.39 is 0 Å². The van der Waals surface area contributed by atoms with Crippen LogP contribution in [-0.2, 0) is 4.74 Å². The van der Waals surface area contributed by atoms with E-state index in [4.69, 9.17) is 4.74 Å².